The SMILES string of the molecule is CNC1(CO[C@H]2[C@H](n3ncnc3-c3ccncn3)C[C@@]34COC[C@]2(C)[C@@H]3CC[C@H]2C4=CC[C@@]3(C)[C@H](C(=O)O)[C@@](C)([C@H](C)C(C)C)CC[C@]23C)CCOCC1. The van der Waals surface area contributed by atoms with Crippen molar-refractivity contribution in [3.63, 3.8) is 0 Å². The molecular formula is C43H64N6O5. The molecule has 54 heavy (non-hydrogen) atoms. The summed E-state index contributed by atoms with van der Waals surface area (Å²) < 4.78 is 22.1. The monoisotopic (exact) mass is 744 g/mol. The molecule has 5 fully saturated rings. The third-order valence-corrected chi connectivity index (χ3v) is 17.3. The first kappa shape index (κ1) is 38.2. The van der Waals surface area contributed by atoms with E-state index in [0.29, 0.717) is 37.6 Å². The molecular weight excluding hydrogens is 681 g/mol. The van der Waals surface area contributed by atoms with Crippen LogP contribution in [-0.2, 0) is 19.0 Å². The maximum atomic E-state index is 13.6. The second-order valence-electron chi connectivity index (χ2n) is 19.6. The van der Waals surface area contributed by atoms with Gasteiger partial charge in [0.15, 0.2) is 5.82 Å². The van der Waals surface area contributed by atoms with Gasteiger partial charge in [-0.3, -0.25) is 4.79 Å². The second-order valence-corrected chi connectivity index (χ2v) is 19.6. The molecule has 2 aromatic rings. The largest absolute Gasteiger partial charge is 0.481 e. The summed E-state index contributed by atoms with van der Waals surface area (Å²) in [6.07, 6.45) is 14.8. The van der Waals surface area contributed by atoms with Crippen LogP contribution in [0.5, 0.6) is 0 Å². The van der Waals surface area contributed by atoms with E-state index < -0.39 is 11.9 Å². The van der Waals surface area contributed by atoms with Gasteiger partial charge in [0.1, 0.15) is 18.3 Å². The van der Waals surface area contributed by atoms with Gasteiger partial charge in [0.25, 0.3) is 0 Å². The van der Waals surface area contributed by atoms with Crippen LogP contribution < -0.4 is 5.32 Å². The number of nitrogens with zero attached hydrogens (tertiary/aromatic N) is 5. The number of ether oxygens (including phenoxy) is 3. The van der Waals surface area contributed by atoms with Crippen molar-refractivity contribution in [2.75, 3.05) is 40.1 Å². The molecule has 2 bridgehead atoms. The molecule has 4 aliphatic carbocycles. The van der Waals surface area contributed by atoms with Crippen LogP contribution >= 0.6 is 0 Å². The number of carbonyl (C=O) groups is 1. The summed E-state index contributed by atoms with van der Waals surface area (Å²) >= 11 is 0. The van der Waals surface area contributed by atoms with E-state index in [1.54, 1.807) is 18.9 Å². The van der Waals surface area contributed by atoms with E-state index in [9.17, 15) is 9.90 Å². The highest BCUT2D eigenvalue weighted by Crippen LogP contribution is 2.75. The Kier molecular flexibility index (Phi) is 9.50. The number of nitrogens with one attached hydrogen (secondary N) is 1. The number of likely N-dealkylation sites (N-methyl/N-ethyl adjacent to an activating group) is 1. The summed E-state index contributed by atoms with van der Waals surface area (Å²) in [5, 5.41) is 19.8. The van der Waals surface area contributed by atoms with Crippen molar-refractivity contribution < 1.29 is 24.1 Å². The number of rotatable bonds is 9. The van der Waals surface area contributed by atoms with Crippen molar-refractivity contribution in [2.45, 2.75) is 118 Å². The molecule has 2 N–H and O–H groups in total. The van der Waals surface area contributed by atoms with E-state index in [1.807, 2.05) is 13.1 Å². The van der Waals surface area contributed by atoms with Gasteiger partial charge in [0, 0.05) is 35.8 Å². The zero-order valence-corrected chi connectivity index (χ0v) is 33.9. The Morgan fingerprint density at radius 1 is 1.02 bits per heavy atom. The standard InChI is InChI=1S/C43H64N6O5/c1-27(2)28(3)38(4)14-15-40(6)29-9-10-33-39(5)22-53-24-43(33,30(29)11-13-41(40,7)34(38)37(50)51)21-32(35(39)54-23-42(44-8)16-19-52-20-17-42)49-36(47-26-48-49)31-12-18-45-25-46-31/h11-12,18,25-29,32-35,44H,9-10,13-17,19-24H2,1-8H3,(H,50,51)/t28-,29+,32-,33+,34-,35+,38-,39-,40-,41+,43+/m1/s1. The van der Waals surface area contributed by atoms with Crippen molar-refractivity contribution in [2.24, 2.45) is 56.7 Å². The van der Waals surface area contributed by atoms with Gasteiger partial charge in [0.2, 0.25) is 0 Å². The Bertz CT molecular complexity index is 1740. The van der Waals surface area contributed by atoms with E-state index in [0.717, 1.165) is 76.1 Å². The van der Waals surface area contributed by atoms with Gasteiger partial charge < -0.3 is 24.6 Å². The molecule has 0 radical (unpaired) electrons. The highest BCUT2D eigenvalue weighted by atomic mass is 16.5. The Morgan fingerprint density at radius 2 is 1.80 bits per heavy atom. The zero-order chi connectivity index (χ0) is 38.3. The van der Waals surface area contributed by atoms with Crippen LogP contribution in [0.4, 0.5) is 0 Å². The summed E-state index contributed by atoms with van der Waals surface area (Å²) in [6, 6.07) is 1.78. The highest BCUT2D eigenvalue weighted by Gasteiger charge is 2.72. The summed E-state index contributed by atoms with van der Waals surface area (Å²) in [4.78, 5) is 27.2. The number of allylic oxidation sites excluding steroid dienone is 1. The second kappa shape index (κ2) is 13.4. The normalized spacial score (nSPS) is 41.9. The first-order chi connectivity index (χ1) is 25.7. The Morgan fingerprint density at radius 3 is 2.48 bits per heavy atom. The van der Waals surface area contributed by atoms with Gasteiger partial charge in [-0.25, -0.2) is 19.6 Å². The van der Waals surface area contributed by atoms with E-state index in [2.05, 4.69) is 74.5 Å². The van der Waals surface area contributed by atoms with E-state index in [1.165, 1.54) is 5.57 Å². The van der Waals surface area contributed by atoms with Crippen LogP contribution in [0.15, 0.2) is 36.6 Å². The summed E-state index contributed by atoms with van der Waals surface area (Å²) in [5.74, 6) is 1.03. The van der Waals surface area contributed by atoms with Crippen LogP contribution in [0.3, 0.4) is 0 Å². The minimum Gasteiger partial charge on any atom is -0.481 e. The van der Waals surface area contributed by atoms with Crippen molar-refractivity contribution >= 4 is 5.97 Å². The van der Waals surface area contributed by atoms with Gasteiger partial charge in [-0.1, -0.05) is 60.1 Å². The lowest BCUT2D eigenvalue weighted by molar-refractivity contribution is -0.253. The van der Waals surface area contributed by atoms with E-state index in [-0.39, 0.29) is 50.7 Å². The van der Waals surface area contributed by atoms with E-state index in [4.69, 9.17) is 24.3 Å². The smallest absolute Gasteiger partial charge is 0.307 e. The Balaban J connectivity index is 1.23. The zero-order valence-electron chi connectivity index (χ0n) is 33.9. The number of carboxylic acids is 1. The lowest BCUT2D eigenvalue weighted by Crippen LogP contribution is -2.69. The third-order valence-electron chi connectivity index (χ3n) is 17.3. The lowest BCUT2D eigenvalue weighted by Gasteiger charge is -2.71. The molecule has 2 aromatic heterocycles. The topological polar surface area (TPSA) is 134 Å². The summed E-state index contributed by atoms with van der Waals surface area (Å²) in [5.41, 5.74) is 0.753. The van der Waals surface area contributed by atoms with Crippen molar-refractivity contribution in [1.82, 2.24) is 30.0 Å². The van der Waals surface area contributed by atoms with Crippen LogP contribution in [0.25, 0.3) is 11.5 Å². The number of aromatic nitrogens is 5. The fourth-order valence-electron chi connectivity index (χ4n) is 13.7. The molecule has 296 valence electrons. The lowest BCUT2D eigenvalue weighted by atomic mass is 9.34. The van der Waals surface area contributed by atoms with Crippen molar-refractivity contribution in [3.05, 3.63) is 36.6 Å². The first-order valence-corrected chi connectivity index (χ1v) is 20.7. The molecule has 8 rings (SSSR count). The van der Waals surface area contributed by atoms with Crippen LogP contribution in [0.1, 0.15) is 106 Å². The third kappa shape index (κ3) is 5.37. The molecule has 0 aromatic carbocycles. The molecule has 11 atom stereocenters. The predicted octanol–water partition coefficient (Wildman–Crippen LogP) is 7.02. The van der Waals surface area contributed by atoms with Crippen LogP contribution in [-0.4, -0.2) is 87.5 Å². The van der Waals surface area contributed by atoms with Gasteiger partial charge in [-0.05, 0) is 104 Å². The number of fused-ring (bicyclic) bond motifs is 3. The first-order valence-electron chi connectivity index (χ1n) is 20.7. The molecule has 0 spiro atoms. The highest BCUT2D eigenvalue weighted by molar-refractivity contribution is 5.73. The molecule has 6 aliphatic rings. The molecule has 0 unspecified atom stereocenters. The maximum Gasteiger partial charge on any atom is 0.307 e. The van der Waals surface area contributed by atoms with Crippen molar-refractivity contribution in [1.29, 1.82) is 0 Å². The van der Waals surface area contributed by atoms with Gasteiger partial charge >= 0.3 is 5.97 Å². The van der Waals surface area contributed by atoms with Gasteiger partial charge in [-0.2, -0.15) is 5.10 Å². The van der Waals surface area contributed by atoms with Gasteiger partial charge in [0.05, 0.1) is 37.9 Å². The summed E-state index contributed by atoms with van der Waals surface area (Å²) in [7, 11) is 2.05. The Labute approximate surface area is 321 Å². The number of hydrogen-bond acceptors (Lipinski definition) is 9. The minimum atomic E-state index is -0.624. The fourth-order valence-corrected chi connectivity index (χ4v) is 13.7. The van der Waals surface area contributed by atoms with E-state index >= 15 is 0 Å². The average Bonchev–Trinajstić information content (AvgIpc) is 3.65. The average molecular weight is 745 g/mol. The quantitative estimate of drug-likeness (QED) is 0.258. The molecule has 0 amide bonds. The number of carboxylic acid groups (broad SMARTS) is 1. The van der Waals surface area contributed by atoms with Crippen LogP contribution in [0, 0.1) is 56.7 Å². The fraction of sp³-hybridized carbons (Fsp3) is 0.791. The number of aliphatic carboxylic acids is 1. The molecule has 11 heteroatoms. The maximum absolute atomic E-state index is 13.6. The molecule has 3 saturated carbocycles. The molecule has 11 nitrogen and oxygen atoms in total. The minimum absolute atomic E-state index is 0.120. The predicted molar refractivity (Wildman–Crippen MR) is 205 cm³/mol. The Hall–Kier alpha value is -2.73. The molecule has 2 saturated heterocycles. The van der Waals surface area contributed by atoms with Gasteiger partial charge in [-0.15, -0.1) is 0 Å². The number of hydrogen-bond donors (Lipinski definition) is 2. The summed E-state index contributed by atoms with van der Waals surface area (Å²) in [6.45, 7) is 19.6. The van der Waals surface area contributed by atoms with Crippen LogP contribution in [0.2, 0.25) is 0 Å². The molecule has 2 aliphatic heterocycles. The molecule has 4 heterocycles. The van der Waals surface area contributed by atoms with Crippen molar-refractivity contribution in [3.8, 4) is 11.5 Å².